The number of nitrogens with one attached hydrogen (secondary N) is 1. The molecule has 3 aromatic rings. The van der Waals surface area contributed by atoms with E-state index in [2.05, 4.69) is 15.2 Å². The van der Waals surface area contributed by atoms with E-state index in [0.29, 0.717) is 12.4 Å². The molecule has 21 heavy (non-hydrogen) atoms. The summed E-state index contributed by atoms with van der Waals surface area (Å²) in [5.41, 5.74) is 8.84. The second-order valence-electron chi connectivity index (χ2n) is 4.56. The van der Waals surface area contributed by atoms with E-state index in [1.165, 1.54) is 0 Å². The van der Waals surface area contributed by atoms with E-state index in [0.717, 1.165) is 32.5 Å². The molecule has 0 fully saturated rings. The number of nitrogen functional groups attached to an aromatic ring is 1. The van der Waals surface area contributed by atoms with E-state index < -0.39 is 0 Å². The molecule has 0 aliphatic rings. The molecular weight excluding hydrogens is 284 g/mol. The molecular formula is C15H16N4OS. The lowest BCUT2D eigenvalue weighted by molar-refractivity contribution is 0.340. The van der Waals surface area contributed by atoms with Gasteiger partial charge in [-0.3, -0.25) is 5.10 Å². The standard InChI is InChI=1S/C15H16N4OS/c1-3-20-11-6-4-10(5-7-11)13-14(18-19-15(13)16)12-8-17-9(2)21-12/h4-8H,3H2,1-2H3,(H3,16,18,19). The minimum absolute atomic E-state index is 0.486. The van der Waals surface area contributed by atoms with Crippen LogP contribution in [0.4, 0.5) is 5.82 Å². The fourth-order valence-corrected chi connectivity index (χ4v) is 2.97. The second kappa shape index (κ2) is 5.57. The zero-order valence-electron chi connectivity index (χ0n) is 11.9. The van der Waals surface area contributed by atoms with E-state index in [9.17, 15) is 0 Å². The number of anilines is 1. The van der Waals surface area contributed by atoms with Crippen LogP contribution in [0.15, 0.2) is 30.5 Å². The van der Waals surface area contributed by atoms with Crippen LogP contribution in [0.3, 0.4) is 0 Å². The maximum absolute atomic E-state index is 6.02. The summed E-state index contributed by atoms with van der Waals surface area (Å²) in [6, 6.07) is 7.85. The predicted molar refractivity (Wildman–Crippen MR) is 85.5 cm³/mol. The maximum Gasteiger partial charge on any atom is 0.153 e. The Kier molecular flexibility index (Phi) is 3.62. The number of hydrogen-bond donors (Lipinski definition) is 2. The van der Waals surface area contributed by atoms with Crippen molar-refractivity contribution in [3.8, 4) is 27.4 Å². The van der Waals surface area contributed by atoms with Gasteiger partial charge in [-0.1, -0.05) is 12.1 Å². The lowest BCUT2D eigenvalue weighted by Gasteiger charge is -2.06. The number of aromatic amines is 1. The number of ether oxygens (including phenoxy) is 1. The zero-order valence-corrected chi connectivity index (χ0v) is 12.7. The number of benzene rings is 1. The number of aryl methyl sites for hydroxylation is 1. The van der Waals surface area contributed by atoms with Crippen LogP contribution in [-0.2, 0) is 0 Å². The zero-order chi connectivity index (χ0) is 14.8. The van der Waals surface area contributed by atoms with E-state index in [1.54, 1.807) is 11.3 Å². The van der Waals surface area contributed by atoms with E-state index in [4.69, 9.17) is 10.5 Å². The monoisotopic (exact) mass is 300 g/mol. The Labute approximate surface area is 126 Å². The van der Waals surface area contributed by atoms with Crippen molar-refractivity contribution in [2.45, 2.75) is 13.8 Å². The summed E-state index contributed by atoms with van der Waals surface area (Å²) >= 11 is 1.61. The highest BCUT2D eigenvalue weighted by Gasteiger charge is 2.16. The minimum atomic E-state index is 0.486. The molecule has 0 unspecified atom stereocenters. The van der Waals surface area contributed by atoms with Gasteiger partial charge < -0.3 is 10.5 Å². The van der Waals surface area contributed by atoms with Crippen LogP contribution in [-0.4, -0.2) is 21.8 Å². The number of H-pyrrole nitrogens is 1. The first-order valence-corrected chi connectivity index (χ1v) is 7.50. The Hall–Kier alpha value is -2.34. The van der Waals surface area contributed by atoms with Crippen LogP contribution >= 0.6 is 11.3 Å². The Bertz CT molecular complexity index is 745. The van der Waals surface area contributed by atoms with Gasteiger partial charge in [-0.15, -0.1) is 11.3 Å². The van der Waals surface area contributed by atoms with Crippen LogP contribution in [0.5, 0.6) is 5.75 Å². The highest BCUT2D eigenvalue weighted by Crippen LogP contribution is 2.37. The molecule has 2 aromatic heterocycles. The fraction of sp³-hybridized carbons (Fsp3) is 0.200. The maximum atomic E-state index is 6.02. The van der Waals surface area contributed by atoms with E-state index in [-0.39, 0.29) is 0 Å². The Morgan fingerprint density at radius 1 is 1.29 bits per heavy atom. The van der Waals surface area contributed by atoms with Crippen molar-refractivity contribution >= 4 is 17.2 Å². The molecule has 0 aliphatic heterocycles. The second-order valence-corrected chi connectivity index (χ2v) is 5.79. The van der Waals surface area contributed by atoms with Crippen LogP contribution in [0, 0.1) is 6.92 Å². The largest absolute Gasteiger partial charge is 0.494 e. The summed E-state index contributed by atoms with van der Waals surface area (Å²) in [7, 11) is 0. The molecule has 0 atom stereocenters. The molecule has 0 saturated heterocycles. The van der Waals surface area contributed by atoms with Gasteiger partial charge in [0.2, 0.25) is 0 Å². The number of nitrogens with zero attached hydrogens (tertiary/aromatic N) is 2. The van der Waals surface area contributed by atoms with Crippen molar-refractivity contribution < 1.29 is 4.74 Å². The summed E-state index contributed by atoms with van der Waals surface area (Å²) < 4.78 is 5.46. The summed E-state index contributed by atoms with van der Waals surface area (Å²) in [4.78, 5) is 5.31. The lowest BCUT2D eigenvalue weighted by Crippen LogP contribution is -1.92. The molecule has 0 radical (unpaired) electrons. The molecule has 0 saturated carbocycles. The van der Waals surface area contributed by atoms with Crippen LogP contribution in [0.25, 0.3) is 21.7 Å². The molecule has 6 heteroatoms. The average molecular weight is 300 g/mol. The Morgan fingerprint density at radius 2 is 2.05 bits per heavy atom. The van der Waals surface area contributed by atoms with Gasteiger partial charge >= 0.3 is 0 Å². The lowest BCUT2D eigenvalue weighted by atomic mass is 10.0. The third kappa shape index (κ3) is 2.62. The Morgan fingerprint density at radius 3 is 2.67 bits per heavy atom. The van der Waals surface area contributed by atoms with Gasteiger partial charge in [0.1, 0.15) is 5.75 Å². The molecule has 0 bridgehead atoms. The average Bonchev–Trinajstić information content (AvgIpc) is 3.06. The first-order chi connectivity index (χ1) is 10.2. The normalized spacial score (nSPS) is 10.8. The Balaban J connectivity index is 2.04. The fourth-order valence-electron chi connectivity index (χ4n) is 2.19. The molecule has 0 aliphatic carbocycles. The topological polar surface area (TPSA) is 76.8 Å². The van der Waals surface area contributed by atoms with Crippen LogP contribution < -0.4 is 10.5 Å². The minimum Gasteiger partial charge on any atom is -0.494 e. The summed E-state index contributed by atoms with van der Waals surface area (Å²) in [5.74, 6) is 1.33. The number of nitrogens with two attached hydrogens (primary N) is 1. The highest BCUT2D eigenvalue weighted by molar-refractivity contribution is 7.15. The number of thiazole rings is 1. The molecule has 108 valence electrons. The first-order valence-electron chi connectivity index (χ1n) is 6.69. The highest BCUT2D eigenvalue weighted by atomic mass is 32.1. The van der Waals surface area contributed by atoms with Gasteiger partial charge in [0.15, 0.2) is 5.82 Å². The predicted octanol–water partition coefficient (Wildman–Crippen LogP) is 3.49. The summed E-state index contributed by atoms with van der Waals surface area (Å²) in [5, 5.41) is 8.15. The van der Waals surface area contributed by atoms with Gasteiger partial charge in [-0.25, -0.2) is 4.98 Å². The number of hydrogen-bond acceptors (Lipinski definition) is 5. The third-order valence-electron chi connectivity index (χ3n) is 3.12. The van der Waals surface area contributed by atoms with Gasteiger partial charge in [0.05, 0.1) is 27.7 Å². The summed E-state index contributed by atoms with van der Waals surface area (Å²) in [6.45, 7) is 4.59. The van der Waals surface area contributed by atoms with Crippen LogP contribution in [0.1, 0.15) is 11.9 Å². The molecule has 5 nitrogen and oxygen atoms in total. The van der Waals surface area contributed by atoms with Crippen molar-refractivity contribution in [3.05, 3.63) is 35.5 Å². The summed E-state index contributed by atoms with van der Waals surface area (Å²) in [6.07, 6.45) is 1.84. The quantitative estimate of drug-likeness (QED) is 0.773. The van der Waals surface area contributed by atoms with E-state index in [1.807, 2.05) is 44.3 Å². The van der Waals surface area contributed by atoms with E-state index >= 15 is 0 Å². The van der Waals surface area contributed by atoms with Crippen LogP contribution in [0.2, 0.25) is 0 Å². The van der Waals surface area contributed by atoms with Crippen molar-refractivity contribution in [1.29, 1.82) is 0 Å². The molecule has 0 amide bonds. The molecule has 1 aromatic carbocycles. The van der Waals surface area contributed by atoms with Crippen molar-refractivity contribution in [3.63, 3.8) is 0 Å². The molecule has 3 rings (SSSR count). The van der Waals surface area contributed by atoms with Crippen molar-refractivity contribution in [2.75, 3.05) is 12.3 Å². The van der Waals surface area contributed by atoms with Gasteiger partial charge in [0, 0.05) is 6.20 Å². The molecule has 0 spiro atoms. The first kappa shape index (κ1) is 13.6. The van der Waals surface area contributed by atoms with Gasteiger partial charge in [-0.2, -0.15) is 5.10 Å². The number of rotatable bonds is 4. The molecule has 2 heterocycles. The van der Waals surface area contributed by atoms with Gasteiger partial charge in [-0.05, 0) is 31.5 Å². The van der Waals surface area contributed by atoms with Crippen molar-refractivity contribution in [2.24, 2.45) is 0 Å². The SMILES string of the molecule is CCOc1ccc(-c2c(N)n[nH]c2-c2cnc(C)s2)cc1. The number of aromatic nitrogens is 3. The third-order valence-corrected chi connectivity index (χ3v) is 4.05. The molecule has 3 N–H and O–H groups in total. The van der Waals surface area contributed by atoms with Gasteiger partial charge in [0.25, 0.3) is 0 Å². The van der Waals surface area contributed by atoms with Crippen molar-refractivity contribution in [1.82, 2.24) is 15.2 Å². The smallest absolute Gasteiger partial charge is 0.153 e.